The molecule has 1 aromatic carbocycles. The summed E-state index contributed by atoms with van der Waals surface area (Å²) in [5.41, 5.74) is 1.01. The molecule has 166 valence electrons. The van der Waals surface area contributed by atoms with E-state index in [9.17, 15) is 18.0 Å². The van der Waals surface area contributed by atoms with Gasteiger partial charge in [-0.2, -0.15) is 4.31 Å². The molecule has 0 atom stereocenters. The van der Waals surface area contributed by atoms with Crippen molar-refractivity contribution in [2.45, 2.75) is 69.2 Å². The van der Waals surface area contributed by atoms with Gasteiger partial charge in [-0.3, -0.25) is 9.59 Å². The topological polar surface area (TPSA) is 86.8 Å². The minimum absolute atomic E-state index is 0.0594. The van der Waals surface area contributed by atoms with Crippen LogP contribution in [0.1, 0.15) is 56.9 Å². The molecular formula is C22H33N3O4S. The van der Waals surface area contributed by atoms with Crippen LogP contribution >= 0.6 is 0 Å². The third kappa shape index (κ3) is 6.04. The van der Waals surface area contributed by atoms with Crippen molar-refractivity contribution in [2.75, 3.05) is 26.2 Å². The first kappa shape index (κ1) is 22.7. The fraction of sp³-hybridized carbons (Fsp3) is 0.636. The zero-order valence-electron chi connectivity index (χ0n) is 17.8. The molecule has 0 radical (unpaired) electrons. The van der Waals surface area contributed by atoms with E-state index in [0.29, 0.717) is 13.1 Å². The third-order valence-corrected chi connectivity index (χ3v) is 7.95. The van der Waals surface area contributed by atoms with Crippen molar-refractivity contribution in [3.63, 3.8) is 0 Å². The number of nitrogens with one attached hydrogen (secondary N) is 1. The van der Waals surface area contributed by atoms with E-state index in [1.165, 1.54) is 17.1 Å². The fourth-order valence-corrected chi connectivity index (χ4v) is 5.56. The van der Waals surface area contributed by atoms with Crippen molar-refractivity contribution < 1.29 is 18.0 Å². The van der Waals surface area contributed by atoms with Crippen molar-refractivity contribution in [1.29, 1.82) is 0 Å². The second kappa shape index (κ2) is 10.4. The molecule has 1 heterocycles. The molecule has 3 rings (SSSR count). The molecule has 0 aromatic heterocycles. The Bertz CT molecular complexity index is 822. The minimum Gasteiger partial charge on any atom is -0.353 e. The molecule has 8 heteroatoms. The normalized spacial score (nSPS) is 19.3. The summed E-state index contributed by atoms with van der Waals surface area (Å²) in [6.07, 6.45) is 7.18. The van der Waals surface area contributed by atoms with Crippen LogP contribution in [0.4, 0.5) is 0 Å². The van der Waals surface area contributed by atoms with Gasteiger partial charge in [-0.25, -0.2) is 8.42 Å². The number of aryl methyl sites for hydroxylation is 1. The zero-order chi connectivity index (χ0) is 21.6. The van der Waals surface area contributed by atoms with Gasteiger partial charge in [0.25, 0.3) is 0 Å². The number of benzene rings is 1. The molecule has 0 bridgehead atoms. The van der Waals surface area contributed by atoms with Crippen LogP contribution in [0, 0.1) is 6.92 Å². The number of carbonyl (C=O) groups excluding carboxylic acids is 2. The number of sulfonamides is 1. The summed E-state index contributed by atoms with van der Waals surface area (Å²) >= 11 is 0. The van der Waals surface area contributed by atoms with Crippen LogP contribution in [0.3, 0.4) is 0 Å². The van der Waals surface area contributed by atoms with E-state index >= 15 is 0 Å². The summed E-state index contributed by atoms with van der Waals surface area (Å²) in [7, 11) is -3.54. The van der Waals surface area contributed by atoms with E-state index in [1.54, 1.807) is 29.2 Å². The predicted octanol–water partition coefficient (Wildman–Crippen LogP) is 2.45. The Morgan fingerprint density at radius 3 is 2.13 bits per heavy atom. The Morgan fingerprint density at radius 2 is 1.53 bits per heavy atom. The zero-order valence-corrected chi connectivity index (χ0v) is 18.6. The number of rotatable bonds is 6. The van der Waals surface area contributed by atoms with Gasteiger partial charge in [0.2, 0.25) is 21.8 Å². The molecule has 1 aliphatic carbocycles. The van der Waals surface area contributed by atoms with Crippen LogP contribution in [-0.4, -0.2) is 61.7 Å². The van der Waals surface area contributed by atoms with E-state index in [0.717, 1.165) is 31.2 Å². The van der Waals surface area contributed by atoms with Crippen LogP contribution in [0.5, 0.6) is 0 Å². The Kier molecular flexibility index (Phi) is 7.88. The lowest BCUT2D eigenvalue weighted by Crippen LogP contribution is -2.50. The number of hydrogen-bond acceptors (Lipinski definition) is 4. The van der Waals surface area contributed by atoms with E-state index in [-0.39, 0.29) is 48.7 Å². The highest BCUT2D eigenvalue weighted by Crippen LogP contribution is 2.19. The van der Waals surface area contributed by atoms with Crippen molar-refractivity contribution in [3.05, 3.63) is 29.8 Å². The maximum absolute atomic E-state index is 12.8. The Labute approximate surface area is 179 Å². The summed E-state index contributed by atoms with van der Waals surface area (Å²) in [5, 5.41) is 3.07. The van der Waals surface area contributed by atoms with Gasteiger partial charge in [0.15, 0.2) is 0 Å². The summed E-state index contributed by atoms with van der Waals surface area (Å²) in [4.78, 5) is 26.6. The van der Waals surface area contributed by atoms with E-state index < -0.39 is 10.0 Å². The predicted molar refractivity (Wildman–Crippen MR) is 115 cm³/mol. The minimum atomic E-state index is -3.54. The lowest BCUT2D eigenvalue weighted by molar-refractivity contribution is -0.134. The highest BCUT2D eigenvalue weighted by molar-refractivity contribution is 7.89. The first-order valence-electron chi connectivity index (χ1n) is 11.0. The van der Waals surface area contributed by atoms with Crippen molar-refractivity contribution in [1.82, 2.24) is 14.5 Å². The molecule has 30 heavy (non-hydrogen) atoms. The van der Waals surface area contributed by atoms with Crippen LogP contribution < -0.4 is 5.32 Å². The molecule has 2 amide bonds. The number of amides is 2. The third-order valence-electron chi connectivity index (χ3n) is 6.04. The molecule has 2 aliphatic rings. The standard InChI is InChI=1S/C22H33N3O4S/c1-18-8-10-20(11-9-18)30(28,29)25-16-14-24(15-17-25)22(27)13-12-21(26)23-19-6-4-2-3-5-7-19/h8-11,19H,2-7,12-17H2,1H3,(H,23,26). The summed E-state index contributed by atoms with van der Waals surface area (Å²) in [5.74, 6) is -0.144. The van der Waals surface area contributed by atoms with Crippen LogP contribution in [-0.2, 0) is 19.6 Å². The van der Waals surface area contributed by atoms with Gasteiger partial charge in [-0.05, 0) is 31.9 Å². The number of carbonyl (C=O) groups is 2. The largest absolute Gasteiger partial charge is 0.353 e. The van der Waals surface area contributed by atoms with Gasteiger partial charge in [0.05, 0.1) is 4.90 Å². The molecular weight excluding hydrogens is 402 g/mol. The maximum Gasteiger partial charge on any atom is 0.243 e. The van der Waals surface area contributed by atoms with Crippen molar-refractivity contribution in [2.24, 2.45) is 0 Å². The average molecular weight is 436 g/mol. The smallest absolute Gasteiger partial charge is 0.243 e. The van der Waals surface area contributed by atoms with Crippen molar-refractivity contribution in [3.8, 4) is 0 Å². The number of piperazine rings is 1. The molecule has 1 N–H and O–H groups in total. The molecule has 1 aliphatic heterocycles. The van der Waals surface area contributed by atoms with E-state index in [4.69, 9.17) is 0 Å². The SMILES string of the molecule is Cc1ccc(S(=O)(=O)N2CCN(C(=O)CCC(=O)NC3CCCCCC3)CC2)cc1. The lowest BCUT2D eigenvalue weighted by Gasteiger charge is -2.34. The highest BCUT2D eigenvalue weighted by Gasteiger charge is 2.30. The van der Waals surface area contributed by atoms with Crippen LogP contribution in [0.25, 0.3) is 0 Å². The lowest BCUT2D eigenvalue weighted by atomic mass is 10.1. The van der Waals surface area contributed by atoms with Gasteiger partial charge in [-0.1, -0.05) is 43.4 Å². The monoisotopic (exact) mass is 435 g/mol. The maximum atomic E-state index is 12.8. The van der Waals surface area contributed by atoms with Crippen LogP contribution in [0.15, 0.2) is 29.2 Å². The fourth-order valence-electron chi connectivity index (χ4n) is 4.14. The summed E-state index contributed by atoms with van der Waals surface area (Å²) < 4.78 is 27.0. The highest BCUT2D eigenvalue weighted by atomic mass is 32.2. The molecule has 2 fully saturated rings. The first-order valence-corrected chi connectivity index (χ1v) is 12.4. The van der Waals surface area contributed by atoms with Crippen LogP contribution in [0.2, 0.25) is 0 Å². The molecule has 1 saturated heterocycles. The van der Waals surface area contributed by atoms with Gasteiger partial charge in [-0.15, -0.1) is 0 Å². The number of hydrogen-bond donors (Lipinski definition) is 1. The van der Waals surface area contributed by atoms with Crippen molar-refractivity contribution >= 4 is 21.8 Å². The first-order chi connectivity index (χ1) is 14.4. The van der Waals surface area contributed by atoms with Gasteiger partial charge < -0.3 is 10.2 Å². The second-order valence-corrected chi connectivity index (χ2v) is 10.3. The molecule has 0 unspecified atom stereocenters. The quantitative estimate of drug-likeness (QED) is 0.696. The van der Waals surface area contributed by atoms with Gasteiger partial charge in [0, 0.05) is 45.1 Å². The molecule has 1 saturated carbocycles. The number of nitrogens with zero attached hydrogens (tertiary/aromatic N) is 2. The van der Waals surface area contributed by atoms with E-state index in [1.807, 2.05) is 6.92 Å². The average Bonchev–Trinajstić information content (AvgIpc) is 3.01. The summed E-state index contributed by atoms with van der Waals surface area (Å²) in [6, 6.07) is 7.05. The molecule has 0 spiro atoms. The Hall–Kier alpha value is -1.93. The molecule has 1 aromatic rings. The summed E-state index contributed by atoms with van der Waals surface area (Å²) in [6.45, 7) is 3.17. The second-order valence-electron chi connectivity index (χ2n) is 8.35. The van der Waals surface area contributed by atoms with Gasteiger partial charge >= 0.3 is 0 Å². The Morgan fingerprint density at radius 1 is 0.933 bits per heavy atom. The van der Waals surface area contributed by atoms with Gasteiger partial charge in [0.1, 0.15) is 0 Å². The Balaban J connectivity index is 1.43. The van der Waals surface area contributed by atoms with E-state index in [2.05, 4.69) is 5.32 Å². The molecule has 7 nitrogen and oxygen atoms in total.